The molecule has 5 rings (SSSR count). The number of rotatable bonds is 5. The Labute approximate surface area is 204 Å². The molecule has 36 heavy (non-hydrogen) atoms. The Hall–Kier alpha value is -3.50. The zero-order valence-electron chi connectivity index (χ0n) is 19.5. The van der Waals surface area contributed by atoms with Crippen LogP contribution in [0, 0.1) is 18.6 Å². The van der Waals surface area contributed by atoms with E-state index >= 15 is 0 Å². The number of piperidine rings is 1. The van der Waals surface area contributed by atoms with E-state index in [1.54, 1.807) is 39.8 Å². The van der Waals surface area contributed by atoms with E-state index in [1.165, 1.54) is 12.1 Å². The summed E-state index contributed by atoms with van der Waals surface area (Å²) in [5.41, 5.74) is -0.749. The van der Waals surface area contributed by atoms with Crippen molar-refractivity contribution in [3.8, 4) is 5.69 Å². The zero-order chi connectivity index (χ0) is 25.6. The Kier molecular flexibility index (Phi) is 6.17. The Morgan fingerprint density at radius 3 is 2.31 bits per heavy atom. The van der Waals surface area contributed by atoms with Crippen molar-refractivity contribution >= 4 is 11.7 Å². The van der Waals surface area contributed by atoms with Gasteiger partial charge in [-0.05, 0) is 50.8 Å². The number of alkyl halides is 3. The van der Waals surface area contributed by atoms with Crippen molar-refractivity contribution < 1.29 is 26.7 Å². The molecule has 1 amide bonds. The second-order valence-corrected chi connectivity index (χ2v) is 9.17. The molecule has 190 valence electrons. The maximum Gasteiger partial charge on any atom is 0.417 e. The van der Waals surface area contributed by atoms with Gasteiger partial charge in [0.15, 0.2) is 11.6 Å². The second-order valence-electron chi connectivity index (χ2n) is 9.17. The number of aromatic nitrogens is 3. The minimum absolute atomic E-state index is 0.0370. The highest BCUT2D eigenvalue weighted by atomic mass is 19.4. The lowest BCUT2D eigenvalue weighted by Gasteiger charge is -2.39. The van der Waals surface area contributed by atoms with Gasteiger partial charge in [0.25, 0.3) is 5.91 Å². The summed E-state index contributed by atoms with van der Waals surface area (Å²) in [7, 11) is 0. The van der Waals surface area contributed by atoms with Crippen LogP contribution in [-0.4, -0.2) is 50.5 Å². The Morgan fingerprint density at radius 1 is 1.03 bits per heavy atom. The molecule has 6 nitrogen and oxygen atoms in total. The molecule has 0 atom stereocenters. The number of aryl methyl sites for hydroxylation is 1. The third-order valence-electron chi connectivity index (χ3n) is 6.77. The fourth-order valence-corrected chi connectivity index (χ4v) is 4.84. The molecular weight excluding hydrogens is 481 g/mol. The summed E-state index contributed by atoms with van der Waals surface area (Å²) in [5.74, 6) is -1.42. The van der Waals surface area contributed by atoms with Crippen LogP contribution in [0.3, 0.4) is 0 Å². The number of benzene rings is 1. The van der Waals surface area contributed by atoms with Crippen LogP contribution in [0.2, 0.25) is 0 Å². The number of nitrogens with zero attached hydrogens (tertiary/aromatic N) is 5. The van der Waals surface area contributed by atoms with E-state index in [2.05, 4.69) is 9.97 Å². The van der Waals surface area contributed by atoms with Crippen LogP contribution < -0.4 is 4.90 Å². The van der Waals surface area contributed by atoms with Gasteiger partial charge in [0.1, 0.15) is 11.6 Å². The molecule has 3 heterocycles. The van der Waals surface area contributed by atoms with Gasteiger partial charge in [0, 0.05) is 43.8 Å². The van der Waals surface area contributed by atoms with Crippen LogP contribution in [0.4, 0.5) is 27.8 Å². The molecule has 1 aromatic carbocycles. The maximum absolute atomic E-state index is 14.9. The van der Waals surface area contributed by atoms with Crippen LogP contribution in [0.1, 0.15) is 47.4 Å². The van der Waals surface area contributed by atoms with E-state index < -0.39 is 23.4 Å². The van der Waals surface area contributed by atoms with Crippen molar-refractivity contribution in [1.82, 2.24) is 19.4 Å². The minimum Gasteiger partial charge on any atom is -0.354 e. The fourth-order valence-electron chi connectivity index (χ4n) is 4.84. The van der Waals surface area contributed by atoms with E-state index in [4.69, 9.17) is 0 Å². The van der Waals surface area contributed by atoms with Gasteiger partial charge in [0.05, 0.1) is 16.8 Å². The number of halogens is 5. The number of carbonyl (C=O) groups excluding carboxylic acids is 1. The van der Waals surface area contributed by atoms with Crippen molar-refractivity contribution in [2.75, 3.05) is 18.0 Å². The molecule has 2 fully saturated rings. The molecule has 3 aromatic rings. The van der Waals surface area contributed by atoms with Gasteiger partial charge < -0.3 is 14.4 Å². The number of para-hydroxylation sites is 1. The summed E-state index contributed by atoms with van der Waals surface area (Å²) in [4.78, 5) is 25.1. The van der Waals surface area contributed by atoms with E-state index in [0.717, 1.165) is 12.8 Å². The lowest BCUT2D eigenvalue weighted by Crippen LogP contribution is -2.49. The lowest BCUT2D eigenvalue weighted by atomic mass is 10.0. The number of imidazole rings is 1. The van der Waals surface area contributed by atoms with E-state index in [-0.39, 0.29) is 35.1 Å². The normalized spacial score (nSPS) is 16.9. The van der Waals surface area contributed by atoms with Gasteiger partial charge >= 0.3 is 6.18 Å². The molecule has 11 heteroatoms. The summed E-state index contributed by atoms with van der Waals surface area (Å²) >= 11 is 0. The fraction of sp³-hybridized carbons (Fsp3) is 0.400. The molecule has 1 aliphatic heterocycles. The van der Waals surface area contributed by atoms with Gasteiger partial charge in [-0.25, -0.2) is 18.7 Å². The molecular formula is C25H24F5N5O. The van der Waals surface area contributed by atoms with E-state index in [9.17, 15) is 26.7 Å². The van der Waals surface area contributed by atoms with Crippen LogP contribution in [0.25, 0.3) is 5.69 Å². The topological polar surface area (TPSA) is 54.3 Å². The van der Waals surface area contributed by atoms with Crippen LogP contribution in [0.15, 0.2) is 42.9 Å². The van der Waals surface area contributed by atoms with Crippen molar-refractivity contribution in [2.24, 2.45) is 0 Å². The molecule has 2 aromatic heterocycles. The standard InChI is InChI=1S/C25H24F5N5O/c1-15-31-9-12-34(15)22-19(3-2-4-20(22)26)24(36)35(17-5-6-17)18-7-10-33(11-8-18)23-21(27)13-16(14-32-23)25(28,29)30/h2-4,9,12-14,17-18H,5-8,10-11H2,1H3. The molecule has 0 spiro atoms. The molecule has 1 saturated heterocycles. The summed E-state index contributed by atoms with van der Waals surface area (Å²) in [6.45, 7) is 2.38. The third-order valence-corrected chi connectivity index (χ3v) is 6.77. The highest BCUT2D eigenvalue weighted by molar-refractivity contribution is 5.98. The molecule has 1 aliphatic carbocycles. The first-order valence-electron chi connectivity index (χ1n) is 11.7. The minimum atomic E-state index is -4.67. The first-order chi connectivity index (χ1) is 17.1. The van der Waals surface area contributed by atoms with Crippen LogP contribution >= 0.6 is 0 Å². The smallest absolute Gasteiger partial charge is 0.354 e. The third kappa shape index (κ3) is 4.54. The van der Waals surface area contributed by atoms with Crippen molar-refractivity contribution in [3.63, 3.8) is 0 Å². The average Bonchev–Trinajstić information content (AvgIpc) is 3.58. The van der Waals surface area contributed by atoms with E-state index in [1.807, 2.05) is 0 Å². The number of pyridine rings is 1. The average molecular weight is 505 g/mol. The molecule has 2 aliphatic rings. The monoisotopic (exact) mass is 505 g/mol. The first kappa shape index (κ1) is 24.2. The summed E-state index contributed by atoms with van der Waals surface area (Å²) < 4.78 is 69.5. The Balaban J connectivity index is 1.36. The van der Waals surface area contributed by atoms with Gasteiger partial charge in [-0.15, -0.1) is 0 Å². The number of carbonyl (C=O) groups is 1. The van der Waals surface area contributed by atoms with Crippen molar-refractivity contribution in [1.29, 1.82) is 0 Å². The molecule has 1 saturated carbocycles. The maximum atomic E-state index is 14.9. The lowest BCUT2D eigenvalue weighted by molar-refractivity contribution is -0.138. The predicted molar refractivity (Wildman–Crippen MR) is 122 cm³/mol. The van der Waals surface area contributed by atoms with Crippen molar-refractivity contribution in [3.05, 3.63) is 71.4 Å². The van der Waals surface area contributed by atoms with Gasteiger partial charge in [-0.3, -0.25) is 4.79 Å². The van der Waals surface area contributed by atoms with Crippen LogP contribution in [0.5, 0.6) is 0 Å². The quantitative estimate of drug-likeness (QED) is 0.451. The van der Waals surface area contributed by atoms with Gasteiger partial charge in [0.2, 0.25) is 0 Å². The Morgan fingerprint density at radius 2 is 1.72 bits per heavy atom. The highest BCUT2D eigenvalue weighted by Gasteiger charge is 2.40. The first-order valence-corrected chi connectivity index (χ1v) is 11.7. The zero-order valence-corrected chi connectivity index (χ0v) is 19.5. The molecule has 0 N–H and O–H groups in total. The van der Waals surface area contributed by atoms with Crippen LogP contribution in [-0.2, 0) is 6.18 Å². The Bertz CT molecular complexity index is 1280. The summed E-state index contributed by atoms with van der Waals surface area (Å²) in [6, 6.07) is 4.74. The van der Waals surface area contributed by atoms with Gasteiger partial charge in [-0.2, -0.15) is 13.2 Å². The number of hydrogen-bond acceptors (Lipinski definition) is 4. The number of hydrogen-bond donors (Lipinski definition) is 0. The second kappa shape index (κ2) is 9.18. The largest absolute Gasteiger partial charge is 0.417 e. The molecule has 0 bridgehead atoms. The molecule has 0 unspecified atom stereocenters. The number of amides is 1. The highest BCUT2D eigenvalue weighted by Crippen LogP contribution is 2.36. The van der Waals surface area contributed by atoms with Crippen molar-refractivity contribution in [2.45, 2.75) is 50.9 Å². The molecule has 0 radical (unpaired) electrons. The summed E-state index contributed by atoms with van der Waals surface area (Å²) in [5, 5.41) is 0. The number of anilines is 1. The van der Waals surface area contributed by atoms with E-state index in [0.29, 0.717) is 44.0 Å². The SMILES string of the molecule is Cc1nccn1-c1c(F)cccc1C(=O)N(C1CC1)C1CCN(c2ncc(C(F)(F)F)cc2F)CC1. The van der Waals surface area contributed by atoms with Gasteiger partial charge in [-0.1, -0.05) is 6.07 Å². The predicted octanol–water partition coefficient (Wildman–Crippen LogP) is 5.15. The summed E-state index contributed by atoms with van der Waals surface area (Å²) in [6.07, 6.45) is 1.77.